The molecular weight excluding hydrogens is 422 g/mol. The Hall–Kier alpha value is -3.23. The molecule has 0 atom stereocenters. The summed E-state index contributed by atoms with van der Waals surface area (Å²) in [6.07, 6.45) is 2.02. The Kier molecular flexibility index (Phi) is 5.22. The highest BCUT2D eigenvalue weighted by Gasteiger charge is 2.50. The molecule has 1 aliphatic heterocycles. The van der Waals surface area contributed by atoms with Crippen LogP contribution in [-0.4, -0.2) is 75.1 Å². The van der Waals surface area contributed by atoms with Gasteiger partial charge in [-0.15, -0.1) is 0 Å². The summed E-state index contributed by atoms with van der Waals surface area (Å²) in [7, 11) is 0. The van der Waals surface area contributed by atoms with E-state index < -0.39 is 11.2 Å². The third kappa shape index (κ3) is 4.36. The Morgan fingerprint density at radius 1 is 0.758 bits per heavy atom. The minimum atomic E-state index is -1.23. The molecular formula is C25H27N3O5. The van der Waals surface area contributed by atoms with Gasteiger partial charge in [-0.3, -0.25) is 14.4 Å². The monoisotopic (exact) mass is 449 g/mol. The fourth-order valence-corrected chi connectivity index (χ4v) is 4.10. The van der Waals surface area contributed by atoms with E-state index in [4.69, 9.17) is 0 Å². The molecule has 0 aromatic heterocycles. The number of nitrogens with zero attached hydrogens (tertiary/aromatic N) is 2. The van der Waals surface area contributed by atoms with Crippen LogP contribution in [0.4, 0.5) is 5.69 Å². The topological polar surface area (TPSA) is 110 Å². The molecule has 2 aliphatic carbocycles. The van der Waals surface area contributed by atoms with Crippen LogP contribution in [0.15, 0.2) is 48.5 Å². The molecule has 3 N–H and O–H groups in total. The number of piperazine rings is 1. The van der Waals surface area contributed by atoms with Gasteiger partial charge in [-0.05, 0) is 61.1 Å². The standard InChI is InChI=1S/C25H27N3O5/c29-21(27-12-14-28(15-13-27)23(31)25(33)10-11-25)18-6-4-17(5-7-18)19-2-1-3-20(16-19)26-22(30)24(32)8-9-24/h1-7,16,32-33H,8-15H2,(H,26,30). The molecule has 1 saturated heterocycles. The van der Waals surface area contributed by atoms with Crippen molar-refractivity contribution < 1.29 is 24.6 Å². The van der Waals surface area contributed by atoms with Crippen LogP contribution in [0.3, 0.4) is 0 Å². The normalized spacial score (nSPS) is 20.2. The van der Waals surface area contributed by atoms with E-state index in [-0.39, 0.29) is 17.7 Å². The van der Waals surface area contributed by atoms with Gasteiger partial charge in [0.05, 0.1) is 0 Å². The van der Waals surface area contributed by atoms with Crippen LogP contribution in [0.2, 0.25) is 0 Å². The molecule has 0 spiro atoms. The summed E-state index contributed by atoms with van der Waals surface area (Å²) >= 11 is 0. The summed E-state index contributed by atoms with van der Waals surface area (Å²) in [6, 6.07) is 14.7. The summed E-state index contributed by atoms with van der Waals surface area (Å²) in [5.74, 6) is -0.685. The molecule has 33 heavy (non-hydrogen) atoms. The smallest absolute Gasteiger partial charge is 0.256 e. The molecule has 8 nitrogen and oxygen atoms in total. The molecule has 0 unspecified atom stereocenters. The maximum Gasteiger partial charge on any atom is 0.256 e. The zero-order valence-corrected chi connectivity index (χ0v) is 18.3. The Labute approximate surface area is 191 Å². The third-order valence-electron chi connectivity index (χ3n) is 6.71. The predicted octanol–water partition coefficient (Wildman–Crippen LogP) is 1.63. The molecule has 2 aromatic rings. The van der Waals surface area contributed by atoms with Gasteiger partial charge in [-0.2, -0.15) is 0 Å². The van der Waals surface area contributed by atoms with Crippen molar-refractivity contribution in [3.05, 3.63) is 54.1 Å². The van der Waals surface area contributed by atoms with Crippen LogP contribution in [0.25, 0.3) is 11.1 Å². The van der Waals surface area contributed by atoms with E-state index >= 15 is 0 Å². The predicted molar refractivity (Wildman–Crippen MR) is 121 cm³/mol. The minimum Gasteiger partial charge on any atom is -0.380 e. The molecule has 1 heterocycles. The van der Waals surface area contributed by atoms with Crippen LogP contribution < -0.4 is 5.32 Å². The number of anilines is 1. The van der Waals surface area contributed by atoms with E-state index in [9.17, 15) is 24.6 Å². The second kappa shape index (κ2) is 7.97. The molecule has 3 amide bonds. The van der Waals surface area contributed by atoms with Crippen LogP contribution in [0.5, 0.6) is 0 Å². The molecule has 172 valence electrons. The lowest BCUT2D eigenvalue weighted by Gasteiger charge is -2.35. The first-order valence-electron chi connectivity index (χ1n) is 11.3. The number of rotatable bonds is 5. The highest BCUT2D eigenvalue weighted by atomic mass is 16.3. The molecule has 2 aromatic carbocycles. The summed E-state index contributed by atoms with van der Waals surface area (Å²) in [6.45, 7) is 1.74. The third-order valence-corrected chi connectivity index (χ3v) is 6.71. The van der Waals surface area contributed by atoms with Gasteiger partial charge in [0, 0.05) is 37.4 Å². The van der Waals surface area contributed by atoms with Crippen LogP contribution in [0.1, 0.15) is 36.0 Å². The number of hydrogen-bond acceptors (Lipinski definition) is 5. The van der Waals surface area contributed by atoms with Crippen molar-refractivity contribution >= 4 is 23.4 Å². The van der Waals surface area contributed by atoms with Gasteiger partial charge in [0.1, 0.15) is 11.2 Å². The molecule has 5 rings (SSSR count). The van der Waals surface area contributed by atoms with Crippen molar-refractivity contribution in [2.45, 2.75) is 36.9 Å². The van der Waals surface area contributed by atoms with Crippen LogP contribution in [0, 0.1) is 0 Å². The second-order valence-corrected chi connectivity index (χ2v) is 9.26. The van der Waals surface area contributed by atoms with Gasteiger partial charge < -0.3 is 25.3 Å². The van der Waals surface area contributed by atoms with E-state index in [0.29, 0.717) is 63.1 Å². The highest BCUT2D eigenvalue weighted by Crippen LogP contribution is 2.37. The number of carbonyl (C=O) groups is 3. The van der Waals surface area contributed by atoms with Crippen molar-refractivity contribution in [3.63, 3.8) is 0 Å². The van der Waals surface area contributed by atoms with Gasteiger partial charge in [-0.1, -0.05) is 24.3 Å². The van der Waals surface area contributed by atoms with E-state index in [1.54, 1.807) is 28.0 Å². The van der Waals surface area contributed by atoms with Crippen molar-refractivity contribution in [1.82, 2.24) is 9.80 Å². The van der Waals surface area contributed by atoms with Crippen LogP contribution >= 0.6 is 0 Å². The maximum atomic E-state index is 12.9. The first kappa shape index (κ1) is 21.6. The zero-order chi connectivity index (χ0) is 23.2. The van der Waals surface area contributed by atoms with Crippen LogP contribution in [-0.2, 0) is 9.59 Å². The molecule has 0 radical (unpaired) electrons. The Balaban J connectivity index is 1.21. The van der Waals surface area contributed by atoms with E-state index in [1.807, 2.05) is 30.3 Å². The molecule has 2 saturated carbocycles. The Morgan fingerprint density at radius 2 is 1.36 bits per heavy atom. The zero-order valence-electron chi connectivity index (χ0n) is 18.3. The lowest BCUT2D eigenvalue weighted by Crippen LogP contribution is -2.53. The van der Waals surface area contributed by atoms with Crippen molar-refractivity contribution in [3.8, 4) is 11.1 Å². The molecule has 3 fully saturated rings. The summed E-state index contributed by atoms with van der Waals surface area (Å²) in [4.78, 5) is 40.6. The Morgan fingerprint density at radius 3 is 1.97 bits per heavy atom. The number of nitrogens with one attached hydrogen (secondary N) is 1. The SMILES string of the molecule is O=C(c1ccc(-c2cccc(NC(=O)C3(O)CC3)c2)cc1)N1CCN(C(=O)C2(O)CC2)CC1. The number of aliphatic hydroxyl groups is 2. The number of benzene rings is 2. The summed E-state index contributed by atoms with van der Waals surface area (Å²) < 4.78 is 0. The Bertz CT molecular complexity index is 1100. The lowest BCUT2D eigenvalue weighted by molar-refractivity contribution is -0.143. The van der Waals surface area contributed by atoms with Gasteiger partial charge in [-0.25, -0.2) is 0 Å². The van der Waals surface area contributed by atoms with E-state index in [1.165, 1.54) is 0 Å². The fourth-order valence-electron chi connectivity index (χ4n) is 4.10. The van der Waals surface area contributed by atoms with E-state index in [0.717, 1.165) is 11.1 Å². The van der Waals surface area contributed by atoms with Crippen molar-refractivity contribution in [2.75, 3.05) is 31.5 Å². The number of amides is 3. The quantitative estimate of drug-likeness (QED) is 0.643. The van der Waals surface area contributed by atoms with Crippen molar-refractivity contribution in [1.29, 1.82) is 0 Å². The highest BCUT2D eigenvalue weighted by molar-refractivity contribution is 5.99. The first-order chi connectivity index (χ1) is 15.8. The average Bonchev–Trinajstić information content (AvgIpc) is 3.77. The van der Waals surface area contributed by atoms with Gasteiger partial charge in [0.25, 0.3) is 17.7 Å². The summed E-state index contributed by atoms with van der Waals surface area (Å²) in [5.41, 5.74) is 0.579. The number of hydrogen-bond donors (Lipinski definition) is 3. The molecule has 3 aliphatic rings. The molecule has 8 heteroatoms. The van der Waals surface area contributed by atoms with Gasteiger partial charge in [0.2, 0.25) is 0 Å². The largest absolute Gasteiger partial charge is 0.380 e. The second-order valence-electron chi connectivity index (χ2n) is 9.26. The minimum absolute atomic E-state index is 0.0857. The average molecular weight is 450 g/mol. The lowest BCUT2D eigenvalue weighted by atomic mass is 10.0. The fraction of sp³-hybridized carbons (Fsp3) is 0.400. The number of carbonyl (C=O) groups excluding carboxylic acids is 3. The molecule has 0 bridgehead atoms. The van der Waals surface area contributed by atoms with E-state index in [2.05, 4.69) is 5.32 Å². The van der Waals surface area contributed by atoms with Crippen molar-refractivity contribution in [2.24, 2.45) is 0 Å². The first-order valence-corrected chi connectivity index (χ1v) is 11.3. The maximum absolute atomic E-state index is 12.9. The van der Waals surface area contributed by atoms with Gasteiger partial charge in [0.15, 0.2) is 0 Å². The van der Waals surface area contributed by atoms with Gasteiger partial charge >= 0.3 is 0 Å². The summed E-state index contributed by atoms with van der Waals surface area (Å²) in [5, 5.41) is 22.7.